The van der Waals surface area contributed by atoms with Crippen molar-refractivity contribution in [2.24, 2.45) is 0 Å². The fourth-order valence-electron chi connectivity index (χ4n) is 2.58. The van der Waals surface area contributed by atoms with Gasteiger partial charge in [-0.25, -0.2) is 0 Å². The Hall–Kier alpha value is -2.57. The van der Waals surface area contributed by atoms with Crippen LogP contribution in [0.3, 0.4) is 0 Å². The summed E-state index contributed by atoms with van der Waals surface area (Å²) < 4.78 is 1.88. The van der Waals surface area contributed by atoms with Gasteiger partial charge in [0, 0.05) is 25.2 Å². The SMILES string of the molecule is Nc1cc2n(n1)CCCN(c1ccccc1[N+](=O)[O-])C2. The molecule has 2 heterocycles. The smallest absolute Gasteiger partial charge is 0.292 e. The summed E-state index contributed by atoms with van der Waals surface area (Å²) in [5.41, 5.74) is 7.47. The lowest BCUT2D eigenvalue weighted by Gasteiger charge is -2.21. The number of hydrogen-bond donors (Lipinski definition) is 1. The molecule has 2 N–H and O–H groups in total. The van der Waals surface area contributed by atoms with Gasteiger partial charge in [-0.3, -0.25) is 14.8 Å². The number of benzene rings is 1. The Morgan fingerprint density at radius 3 is 2.90 bits per heavy atom. The topological polar surface area (TPSA) is 90.2 Å². The zero-order chi connectivity index (χ0) is 14.1. The Morgan fingerprint density at radius 2 is 2.10 bits per heavy atom. The van der Waals surface area contributed by atoms with E-state index in [1.807, 2.05) is 21.7 Å². The summed E-state index contributed by atoms with van der Waals surface area (Å²) in [6.07, 6.45) is 0.875. The number of hydrogen-bond acceptors (Lipinski definition) is 5. The number of rotatable bonds is 2. The molecule has 7 nitrogen and oxygen atoms in total. The van der Waals surface area contributed by atoms with E-state index in [0.29, 0.717) is 18.1 Å². The van der Waals surface area contributed by atoms with Crippen LogP contribution in [-0.4, -0.2) is 21.2 Å². The van der Waals surface area contributed by atoms with Crippen molar-refractivity contribution in [3.63, 3.8) is 0 Å². The van der Waals surface area contributed by atoms with Gasteiger partial charge in [-0.2, -0.15) is 5.10 Å². The summed E-state index contributed by atoms with van der Waals surface area (Å²) >= 11 is 0. The Morgan fingerprint density at radius 1 is 1.30 bits per heavy atom. The van der Waals surface area contributed by atoms with Crippen LogP contribution in [0, 0.1) is 10.1 Å². The van der Waals surface area contributed by atoms with Gasteiger partial charge in [0.15, 0.2) is 0 Å². The molecule has 2 aromatic rings. The maximum absolute atomic E-state index is 11.1. The number of anilines is 2. The normalized spacial score (nSPS) is 14.7. The molecule has 1 aliphatic rings. The van der Waals surface area contributed by atoms with Crippen molar-refractivity contribution in [2.75, 3.05) is 17.2 Å². The zero-order valence-electron chi connectivity index (χ0n) is 10.9. The van der Waals surface area contributed by atoms with Gasteiger partial charge in [0.2, 0.25) is 0 Å². The largest absolute Gasteiger partial charge is 0.382 e. The predicted molar refractivity (Wildman–Crippen MR) is 75.4 cm³/mol. The Labute approximate surface area is 115 Å². The van der Waals surface area contributed by atoms with Gasteiger partial charge in [-0.15, -0.1) is 0 Å². The van der Waals surface area contributed by atoms with E-state index in [9.17, 15) is 10.1 Å². The number of nitrogen functional groups attached to an aromatic ring is 1. The van der Waals surface area contributed by atoms with Gasteiger partial charge in [-0.05, 0) is 12.5 Å². The Balaban J connectivity index is 1.97. The minimum absolute atomic E-state index is 0.133. The summed E-state index contributed by atoms with van der Waals surface area (Å²) in [4.78, 5) is 12.8. The average molecular weight is 273 g/mol. The van der Waals surface area contributed by atoms with Gasteiger partial charge in [0.05, 0.1) is 17.2 Å². The van der Waals surface area contributed by atoms with E-state index in [0.717, 1.165) is 25.2 Å². The highest BCUT2D eigenvalue weighted by Gasteiger charge is 2.22. The zero-order valence-corrected chi connectivity index (χ0v) is 10.9. The number of fused-ring (bicyclic) bond motifs is 1. The molecule has 0 spiro atoms. The molecule has 0 saturated carbocycles. The standard InChI is InChI=1S/C13H15N5O2/c14-13-8-10-9-16(6-3-7-17(10)15-13)11-4-1-2-5-12(11)18(19)20/h1-2,4-5,8H,3,6-7,9H2,(H2,14,15). The van der Waals surface area contributed by atoms with Crippen LogP contribution in [0.15, 0.2) is 30.3 Å². The third-order valence-electron chi connectivity index (χ3n) is 3.45. The molecular formula is C13H15N5O2. The summed E-state index contributed by atoms with van der Waals surface area (Å²) in [6, 6.07) is 8.65. The molecule has 0 radical (unpaired) electrons. The number of nitrogens with two attached hydrogens (primary N) is 1. The molecule has 0 unspecified atom stereocenters. The van der Waals surface area contributed by atoms with Gasteiger partial charge < -0.3 is 10.6 Å². The van der Waals surface area contributed by atoms with E-state index < -0.39 is 0 Å². The fourth-order valence-corrected chi connectivity index (χ4v) is 2.58. The monoisotopic (exact) mass is 273 g/mol. The molecule has 1 aliphatic heterocycles. The average Bonchev–Trinajstić information content (AvgIpc) is 2.66. The van der Waals surface area contributed by atoms with E-state index in [4.69, 9.17) is 5.73 Å². The fraction of sp³-hybridized carbons (Fsp3) is 0.308. The predicted octanol–water partition coefficient (Wildman–Crippen LogP) is 1.78. The van der Waals surface area contributed by atoms with E-state index in [2.05, 4.69) is 5.10 Å². The summed E-state index contributed by atoms with van der Waals surface area (Å²) in [5, 5.41) is 15.4. The van der Waals surface area contributed by atoms with Crippen LogP contribution < -0.4 is 10.6 Å². The summed E-state index contributed by atoms with van der Waals surface area (Å²) in [7, 11) is 0. The molecule has 7 heteroatoms. The van der Waals surface area contributed by atoms with Crippen molar-refractivity contribution in [1.29, 1.82) is 0 Å². The number of aryl methyl sites for hydroxylation is 1. The Bertz CT molecular complexity index is 652. The molecule has 0 aliphatic carbocycles. The lowest BCUT2D eigenvalue weighted by atomic mass is 10.2. The molecule has 1 aromatic carbocycles. The third kappa shape index (κ3) is 2.18. The lowest BCUT2D eigenvalue weighted by Crippen LogP contribution is -2.23. The number of aromatic nitrogens is 2. The lowest BCUT2D eigenvalue weighted by molar-refractivity contribution is -0.384. The second-order valence-corrected chi connectivity index (χ2v) is 4.80. The molecule has 3 rings (SSSR count). The van der Waals surface area contributed by atoms with Gasteiger partial charge in [0.25, 0.3) is 5.69 Å². The first-order valence-corrected chi connectivity index (χ1v) is 6.46. The quantitative estimate of drug-likeness (QED) is 0.665. The van der Waals surface area contributed by atoms with E-state index in [1.165, 1.54) is 6.07 Å². The first-order valence-electron chi connectivity index (χ1n) is 6.46. The minimum atomic E-state index is -0.341. The van der Waals surface area contributed by atoms with E-state index >= 15 is 0 Å². The maximum Gasteiger partial charge on any atom is 0.292 e. The van der Waals surface area contributed by atoms with E-state index in [-0.39, 0.29) is 10.6 Å². The number of nitro groups is 1. The highest BCUT2D eigenvalue weighted by molar-refractivity contribution is 5.63. The van der Waals surface area contributed by atoms with Crippen LogP contribution in [0.4, 0.5) is 17.2 Å². The van der Waals surface area contributed by atoms with Crippen molar-refractivity contribution >= 4 is 17.2 Å². The molecular weight excluding hydrogens is 258 g/mol. The first-order chi connectivity index (χ1) is 9.65. The molecule has 0 amide bonds. The van der Waals surface area contributed by atoms with Crippen LogP contribution >= 0.6 is 0 Å². The summed E-state index contributed by atoms with van der Waals surface area (Å²) in [5.74, 6) is 0.490. The molecule has 0 bridgehead atoms. The molecule has 0 fully saturated rings. The third-order valence-corrected chi connectivity index (χ3v) is 3.45. The minimum Gasteiger partial charge on any atom is -0.382 e. The van der Waals surface area contributed by atoms with Crippen molar-refractivity contribution < 1.29 is 4.92 Å². The molecule has 0 saturated heterocycles. The van der Waals surface area contributed by atoms with Crippen LogP contribution in [0.25, 0.3) is 0 Å². The molecule has 0 atom stereocenters. The van der Waals surface area contributed by atoms with Crippen molar-refractivity contribution in [1.82, 2.24) is 9.78 Å². The number of nitro benzene ring substituents is 1. The van der Waals surface area contributed by atoms with Crippen molar-refractivity contribution in [2.45, 2.75) is 19.5 Å². The molecule has 20 heavy (non-hydrogen) atoms. The molecule has 1 aromatic heterocycles. The van der Waals surface area contributed by atoms with Crippen LogP contribution in [0.5, 0.6) is 0 Å². The Kier molecular flexibility index (Phi) is 3.02. The van der Waals surface area contributed by atoms with Crippen LogP contribution in [0.2, 0.25) is 0 Å². The van der Waals surface area contributed by atoms with Crippen molar-refractivity contribution in [3.8, 4) is 0 Å². The van der Waals surface area contributed by atoms with Crippen LogP contribution in [-0.2, 0) is 13.1 Å². The van der Waals surface area contributed by atoms with E-state index in [1.54, 1.807) is 12.1 Å². The molecule has 104 valence electrons. The highest BCUT2D eigenvalue weighted by atomic mass is 16.6. The highest BCUT2D eigenvalue weighted by Crippen LogP contribution is 2.30. The second-order valence-electron chi connectivity index (χ2n) is 4.80. The van der Waals surface area contributed by atoms with Gasteiger partial charge in [-0.1, -0.05) is 12.1 Å². The van der Waals surface area contributed by atoms with Gasteiger partial charge in [0.1, 0.15) is 11.5 Å². The van der Waals surface area contributed by atoms with Crippen LogP contribution in [0.1, 0.15) is 12.1 Å². The van der Waals surface area contributed by atoms with Crippen molar-refractivity contribution in [3.05, 3.63) is 46.1 Å². The maximum atomic E-state index is 11.1. The number of nitrogens with zero attached hydrogens (tertiary/aromatic N) is 4. The first kappa shape index (κ1) is 12.5. The second kappa shape index (κ2) is 4.84. The summed E-state index contributed by atoms with van der Waals surface area (Å²) in [6.45, 7) is 2.12. The van der Waals surface area contributed by atoms with Gasteiger partial charge >= 0.3 is 0 Å². The number of para-hydroxylation sites is 2.